The third kappa shape index (κ3) is 5.60. The van der Waals surface area contributed by atoms with Gasteiger partial charge in [0, 0.05) is 46.3 Å². The molecule has 2 amide bonds. The van der Waals surface area contributed by atoms with Crippen LogP contribution in [0.2, 0.25) is 0 Å². The Bertz CT molecular complexity index is 1450. The van der Waals surface area contributed by atoms with Crippen LogP contribution in [0.4, 0.5) is 19.6 Å². The zero-order chi connectivity index (χ0) is 27.6. The number of carbonyl (C=O) groups excluding carboxylic acids is 2. The van der Waals surface area contributed by atoms with Crippen molar-refractivity contribution in [2.45, 2.75) is 26.2 Å². The van der Waals surface area contributed by atoms with E-state index < -0.39 is 30.9 Å². The fourth-order valence-corrected chi connectivity index (χ4v) is 3.71. The molecule has 3 aromatic rings. The monoisotopic (exact) mass is 500 g/mol. The van der Waals surface area contributed by atoms with Gasteiger partial charge >= 0.3 is 0 Å². The van der Waals surface area contributed by atoms with Crippen molar-refractivity contribution in [1.82, 2.24) is 15.2 Å². The zero-order valence-corrected chi connectivity index (χ0v) is 19.4. The predicted octanol–water partition coefficient (Wildman–Crippen LogP) is 4.54. The van der Waals surface area contributed by atoms with Gasteiger partial charge in [0.25, 0.3) is 12.3 Å². The van der Waals surface area contributed by atoms with Crippen LogP contribution < -0.4 is 15.0 Å². The Morgan fingerprint density at radius 2 is 2.09 bits per heavy atom. The van der Waals surface area contributed by atoms with Crippen molar-refractivity contribution < 1.29 is 27.2 Å². The smallest absolute Gasteiger partial charge is 0.280 e. The molecular weight excluding hydrogens is 476 g/mol. The highest BCUT2D eigenvalue weighted by atomic mass is 32.1. The first-order valence-electron chi connectivity index (χ1n) is 11.9. The molecule has 35 heavy (non-hydrogen) atoms. The number of pyridine rings is 1. The van der Waals surface area contributed by atoms with Crippen molar-refractivity contribution >= 4 is 34.0 Å². The summed E-state index contributed by atoms with van der Waals surface area (Å²) in [6.07, 6.45) is 0.242. The molecule has 4 rings (SSSR count). The molecule has 0 aliphatic heterocycles. The summed E-state index contributed by atoms with van der Waals surface area (Å²) < 4.78 is 55.6. The maximum absolute atomic E-state index is 13.5. The van der Waals surface area contributed by atoms with Crippen molar-refractivity contribution in [3.63, 3.8) is 0 Å². The number of rotatable bonds is 6. The van der Waals surface area contributed by atoms with Crippen LogP contribution in [0.3, 0.4) is 0 Å². The number of nitrogens with one attached hydrogen (secondary N) is 1. The molecule has 1 fully saturated rings. The molecule has 1 aliphatic rings. The zero-order valence-electron chi connectivity index (χ0n) is 21.6. The fourth-order valence-electron chi connectivity index (χ4n) is 3.11. The first kappa shape index (κ1) is 20.5. The molecule has 180 valence electrons. The third-order valence-electron chi connectivity index (χ3n) is 5.05. The number of alkyl halides is 2. The van der Waals surface area contributed by atoms with E-state index >= 15 is 0 Å². The fraction of sp³-hybridized carbons (Fsp3) is 0.292. The Hall–Kier alpha value is -3.91. The standard InChI is InChI=1S/C24H21F2N5O3S/c1-13(32)31(2)15-7-8-16(17(10-15)18-11-19(22(25)26)27-12-20(18)34-3)23(33)28-24-30-29-21(35-24)9-6-14-4-5-14/h7-8,10-12,14,22H,4-5H2,1-3H3,(H,28,30,33)/i2D3. The largest absolute Gasteiger partial charge is 0.494 e. The van der Waals surface area contributed by atoms with Crippen LogP contribution in [0.25, 0.3) is 11.1 Å². The lowest BCUT2D eigenvalue weighted by Gasteiger charge is -2.19. The molecular formula is C24H21F2N5O3S. The minimum Gasteiger partial charge on any atom is -0.494 e. The van der Waals surface area contributed by atoms with Crippen LogP contribution in [-0.4, -0.2) is 41.1 Å². The van der Waals surface area contributed by atoms with E-state index in [4.69, 9.17) is 8.85 Å². The van der Waals surface area contributed by atoms with Gasteiger partial charge in [-0.2, -0.15) is 0 Å². The number of benzene rings is 1. The van der Waals surface area contributed by atoms with Crippen molar-refractivity contribution in [2.24, 2.45) is 5.92 Å². The normalized spacial score (nSPS) is 14.3. The summed E-state index contributed by atoms with van der Waals surface area (Å²) in [5.74, 6) is 4.92. The molecule has 0 spiro atoms. The van der Waals surface area contributed by atoms with Crippen LogP contribution in [0, 0.1) is 17.8 Å². The van der Waals surface area contributed by atoms with Gasteiger partial charge < -0.3 is 9.64 Å². The maximum atomic E-state index is 13.5. The van der Waals surface area contributed by atoms with E-state index in [1.54, 1.807) is 0 Å². The Morgan fingerprint density at radius 3 is 2.74 bits per heavy atom. The van der Waals surface area contributed by atoms with Gasteiger partial charge in [-0.05, 0) is 43.0 Å². The first-order valence-corrected chi connectivity index (χ1v) is 11.2. The predicted molar refractivity (Wildman–Crippen MR) is 128 cm³/mol. The Kier molecular flexibility index (Phi) is 5.93. The molecule has 1 aromatic carbocycles. The lowest BCUT2D eigenvalue weighted by molar-refractivity contribution is -0.116. The van der Waals surface area contributed by atoms with E-state index in [9.17, 15) is 18.4 Å². The second kappa shape index (κ2) is 10.1. The number of anilines is 2. The number of aromatic nitrogens is 3. The number of ether oxygens (including phenoxy) is 1. The number of methoxy groups -OCH3 is 1. The highest BCUT2D eigenvalue weighted by Crippen LogP contribution is 2.37. The number of hydrogen-bond acceptors (Lipinski definition) is 7. The van der Waals surface area contributed by atoms with Crippen LogP contribution in [0.1, 0.15) is 51.4 Å². The molecule has 0 saturated heterocycles. The minimum atomic E-state index is -2.92. The Balaban J connectivity index is 1.80. The average Bonchev–Trinajstić information content (AvgIpc) is 3.58. The number of carbonyl (C=O) groups is 2. The number of nitrogens with zero attached hydrogens (tertiary/aromatic N) is 4. The second-order valence-electron chi connectivity index (χ2n) is 7.60. The molecule has 1 aliphatic carbocycles. The number of halogens is 2. The van der Waals surface area contributed by atoms with Gasteiger partial charge in [-0.1, -0.05) is 17.3 Å². The van der Waals surface area contributed by atoms with Gasteiger partial charge in [0.1, 0.15) is 11.4 Å². The topological polar surface area (TPSA) is 97.3 Å². The molecule has 11 heteroatoms. The van der Waals surface area contributed by atoms with Crippen molar-refractivity contribution in [3.05, 3.63) is 46.7 Å². The maximum Gasteiger partial charge on any atom is 0.280 e. The van der Waals surface area contributed by atoms with E-state index in [1.165, 1.54) is 25.3 Å². The van der Waals surface area contributed by atoms with Gasteiger partial charge in [0.15, 0.2) is 5.01 Å². The van der Waals surface area contributed by atoms with E-state index in [2.05, 4.69) is 32.3 Å². The second-order valence-corrected chi connectivity index (χ2v) is 8.58. The first-order chi connectivity index (χ1) is 18.0. The van der Waals surface area contributed by atoms with E-state index in [0.29, 0.717) is 15.8 Å². The summed E-state index contributed by atoms with van der Waals surface area (Å²) in [5, 5.41) is 11.1. The summed E-state index contributed by atoms with van der Waals surface area (Å²) in [5.41, 5.74) is -0.592. The highest BCUT2D eigenvalue weighted by molar-refractivity contribution is 7.15. The van der Waals surface area contributed by atoms with Gasteiger partial charge in [-0.15, -0.1) is 10.2 Å². The SMILES string of the molecule is [2H]C([2H])([2H])N(C(C)=O)c1ccc(C(=O)Nc2nnc(C#CC3CC3)s2)c(-c2cc(C(F)F)ncc2OC)c1. The lowest BCUT2D eigenvalue weighted by atomic mass is 9.97. The summed E-state index contributed by atoms with van der Waals surface area (Å²) in [7, 11) is 1.29. The Morgan fingerprint density at radius 1 is 1.29 bits per heavy atom. The van der Waals surface area contributed by atoms with Gasteiger partial charge in [0.2, 0.25) is 11.0 Å². The third-order valence-corrected chi connectivity index (χ3v) is 5.80. The van der Waals surface area contributed by atoms with Gasteiger partial charge in [-0.25, -0.2) is 8.78 Å². The highest BCUT2D eigenvalue weighted by Gasteiger charge is 2.22. The van der Waals surface area contributed by atoms with Crippen molar-refractivity contribution in [3.8, 4) is 28.7 Å². The van der Waals surface area contributed by atoms with Crippen LogP contribution in [0.15, 0.2) is 30.5 Å². The van der Waals surface area contributed by atoms with Crippen molar-refractivity contribution in [2.75, 3.05) is 24.3 Å². The molecule has 2 heterocycles. The molecule has 2 aromatic heterocycles. The summed E-state index contributed by atoms with van der Waals surface area (Å²) >= 11 is 1.07. The van der Waals surface area contributed by atoms with Crippen LogP contribution >= 0.6 is 11.3 Å². The average molecular weight is 501 g/mol. The summed E-state index contributed by atoms with van der Waals surface area (Å²) in [6, 6.07) is 4.87. The van der Waals surface area contributed by atoms with E-state index in [-0.39, 0.29) is 33.3 Å². The Labute approximate surface area is 208 Å². The molecule has 0 bridgehead atoms. The van der Waals surface area contributed by atoms with E-state index in [1.807, 2.05) is 0 Å². The van der Waals surface area contributed by atoms with E-state index in [0.717, 1.165) is 43.4 Å². The van der Waals surface area contributed by atoms with Crippen molar-refractivity contribution in [1.29, 1.82) is 0 Å². The van der Waals surface area contributed by atoms with Gasteiger partial charge in [-0.3, -0.25) is 19.9 Å². The molecule has 1 saturated carbocycles. The summed E-state index contributed by atoms with van der Waals surface area (Å²) in [6.45, 7) is -1.76. The van der Waals surface area contributed by atoms with Crippen LogP contribution in [0.5, 0.6) is 5.75 Å². The summed E-state index contributed by atoms with van der Waals surface area (Å²) in [4.78, 5) is 29.8. The molecule has 1 N–H and O–H groups in total. The molecule has 0 atom stereocenters. The van der Waals surface area contributed by atoms with Gasteiger partial charge in [0.05, 0.1) is 13.3 Å². The minimum absolute atomic E-state index is 0.0201. The molecule has 0 radical (unpaired) electrons. The van der Waals surface area contributed by atoms with Crippen LogP contribution in [-0.2, 0) is 4.79 Å². The quantitative estimate of drug-likeness (QED) is 0.499. The molecule has 8 nitrogen and oxygen atoms in total. The number of amides is 2. The number of hydrogen-bond donors (Lipinski definition) is 1. The lowest BCUT2D eigenvalue weighted by Crippen LogP contribution is -2.23. The molecule has 0 unspecified atom stereocenters.